The van der Waals surface area contributed by atoms with Gasteiger partial charge in [0, 0.05) is 22.2 Å². The van der Waals surface area contributed by atoms with Gasteiger partial charge in [-0.3, -0.25) is 0 Å². The van der Waals surface area contributed by atoms with Crippen molar-refractivity contribution in [3.05, 3.63) is 29.3 Å². The molecule has 0 saturated heterocycles. The van der Waals surface area contributed by atoms with Crippen molar-refractivity contribution in [1.29, 1.82) is 0 Å². The molecule has 0 saturated carbocycles. The predicted octanol–water partition coefficient (Wildman–Crippen LogP) is 4.21. The van der Waals surface area contributed by atoms with E-state index in [1.54, 1.807) is 0 Å². The Kier molecular flexibility index (Phi) is 5.16. The van der Waals surface area contributed by atoms with Gasteiger partial charge in [-0.2, -0.15) is 0 Å². The fourth-order valence-corrected chi connectivity index (χ4v) is 2.46. The van der Waals surface area contributed by atoms with Gasteiger partial charge in [0.15, 0.2) is 0 Å². The van der Waals surface area contributed by atoms with E-state index in [4.69, 9.17) is 11.6 Å². The van der Waals surface area contributed by atoms with Crippen LogP contribution < -0.4 is 5.32 Å². The van der Waals surface area contributed by atoms with Crippen LogP contribution in [0, 0.1) is 0 Å². The number of thioether (sulfide) groups is 1. The van der Waals surface area contributed by atoms with Crippen LogP contribution in [0.5, 0.6) is 0 Å². The second kappa shape index (κ2) is 5.95. The lowest BCUT2D eigenvalue weighted by Gasteiger charge is -2.23. The largest absolute Gasteiger partial charge is 0.311 e. The van der Waals surface area contributed by atoms with Gasteiger partial charge in [-0.15, -0.1) is 11.8 Å². The lowest BCUT2D eigenvalue weighted by Crippen LogP contribution is -2.39. The summed E-state index contributed by atoms with van der Waals surface area (Å²) in [4.78, 5) is 1.16. The van der Waals surface area contributed by atoms with Crippen molar-refractivity contribution in [2.45, 2.75) is 43.4 Å². The Morgan fingerprint density at radius 3 is 2.50 bits per heavy atom. The Labute approximate surface area is 108 Å². The van der Waals surface area contributed by atoms with Crippen molar-refractivity contribution in [3.8, 4) is 0 Å². The topological polar surface area (TPSA) is 12.0 Å². The number of rotatable bonds is 4. The second-order valence-electron chi connectivity index (χ2n) is 4.99. The Bertz CT molecular complexity index is 333. The molecule has 0 aliphatic heterocycles. The maximum absolute atomic E-state index is 6.12. The first kappa shape index (κ1) is 13.9. The van der Waals surface area contributed by atoms with Crippen molar-refractivity contribution >= 4 is 23.4 Å². The Morgan fingerprint density at radius 2 is 1.94 bits per heavy atom. The predicted molar refractivity (Wildman–Crippen MR) is 74.5 cm³/mol. The maximum atomic E-state index is 6.12. The molecule has 1 nitrogen and oxygen atoms in total. The molecule has 1 rings (SSSR count). The third kappa shape index (κ3) is 5.24. The summed E-state index contributed by atoms with van der Waals surface area (Å²) >= 11 is 7.93. The molecule has 1 aromatic rings. The van der Waals surface area contributed by atoms with Crippen molar-refractivity contribution in [1.82, 2.24) is 5.32 Å². The SMILES string of the molecule is CC(CNC(C)(C)C)Sc1ccccc1Cl. The van der Waals surface area contributed by atoms with Crippen molar-refractivity contribution in [3.63, 3.8) is 0 Å². The molecule has 0 aliphatic rings. The molecule has 1 atom stereocenters. The summed E-state index contributed by atoms with van der Waals surface area (Å²) in [6, 6.07) is 8.00. The first-order valence-corrected chi connectivity index (χ1v) is 6.80. The van der Waals surface area contributed by atoms with Crippen LogP contribution in [0.25, 0.3) is 0 Å². The highest BCUT2D eigenvalue weighted by atomic mass is 35.5. The molecule has 0 fully saturated rings. The van der Waals surface area contributed by atoms with Gasteiger partial charge in [0.25, 0.3) is 0 Å². The molecule has 0 radical (unpaired) electrons. The van der Waals surface area contributed by atoms with Crippen LogP contribution in [0.1, 0.15) is 27.7 Å². The molecule has 0 bridgehead atoms. The van der Waals surface area contributed by atoms with Crippen LogP contribution in [0.3, 0.4) is 0 Å². The lowest BCUT2D eigenvalue weighted by molar-refractivity contribution is 0.429. The van der Waals surface area contributed by atoms with Crippen LogP contribution in [0.15, 0.2) is 29.2 Å². The summed E-state index contributed by atoms with van der Waals surface area (Å²) < 4.78 is 0. The van der Waals surface area contributed by atoms with Gasteiger partial charge < -0.3 is 5.32 Å². The Balaban J connectivity index is 2.46. The van der Waals surface area contributed by atoms with Gasteiger partial charge in [-0.05, 0) is 32.9 Å². The highest BCUT2D eigenvalue weighted by molar-refractivity contribution is 8.00. The maximum Gasteiger partial charge on any atom is 0.0541 e. The molecule has 3 heteroatoms. The van der Waals surface area contributed by atoms with Crippen LogP contribution in [-0.4, -0.2) is 17.3 Å². The quantitative estimate of drug-likeness (QED) is 0.811. The highest BCUT2D eigenvalue weighted by Crippen LogP contribution is 2.29. The minimum absolute atomic E-state index is 0.176. The van der Waals surface area contributed by atoms with Gasteiger partial charge in [0.1, 0.15) is 0 Å². The fraction of sp³-hybridized carbons (Fsp3) is 0.538. The van der Waals surface area contributed by atoms with E-state index >= 15 is 0 Å². The summed E-state index contributed by atoms with van der Waals surface area (Å²) in [6.45, 7) is 9.74. The van der Waals surface area contributed by atoms with Crippen LogP contribution in [-0.2, 0) is 0 Å². The van der Waals surface area contributed by atoms with Gasteiger partial charge in [0.05, 0.1) is 5.02 Å². The molecule has 1 unspecified atom stereocenters. The molecule has 0 aliphatic carbocycles. The smallest absolute Gasteiger partial charge is 0.0541 e. The van der Waals surface area contributed by atoms with E-state index in [1.807, 2.05) is 30.0 Å². The molecule has 90 valence electrons. The molecule has 1 N–H and O–H groups in total. The number of hydrogen-bond acceptors (Lipinski definition) is 2. The van der Waals surface area contributed by atoms with E-state index in [9.17, 15) is 0 Å². The monoisotopic (exact) mass is 257 g/mol. The highest BCUT2D eigenvalue weighted by Gasteiger charge is 2.12. The summed E-state index contributed by atoms with van der Waals surface area (Å²) in [6.07, 6.45) is 0. The van der Waals surface area contributed by atoms with E-state index < -0.39 is 0 Å². The number of nitrogens with one attached hydrogen (secondary N) is 1. The third-order valence-corrected chi connectivity index (χ3v) is 3.71. The standard InChI is InChI=1S/C13H20ClNS/c1-10(9-15-13(2,3)4)16-12-8-6-5-7-11(12)14/h5-8,10,15H,9H2,1-4H3. The van der Waals surface area contributed by atoms with Gasteiger partial charge >= 0.3 is 0 Å². The second-order valence-corrected chi connectivity index (χ2v) is 6.88. The molecule has 16 heavy (non-hydrogen) atoms. The van der Waals surface area contributed by atoms with E-state index in [1.165, 1.54) is 0 Å². The number of hydrogen-bond donors (Lipinski definition) is 1. The molecule has 0 heterocycles. The van der Waals surface area contributed by atoms with Crippen LogP contribution in [0.4, 0.5) is 0 Å². The van der Waals surface area contributed by atoms with Crippen molar-refractivity contribution in [2.24, 2.45) is 0 Å². The van der Waals surface area contributed by atoms with Crippen LogP contribution >= 0.6 is 23.4 Å². The fourth-order valence-electron chi connectivity index (χ4n) is 1.25. The molecular weight excluding hydrogens is 238 g/mol. The molecule has 0 amide bonds. The van der Waals surface area contributed by atoms with E-state index in [0.717, 1.165) is 16.5 Å². The number of halogens is 1. The number of benzene rings is 1. The third-order valence-electron chi connectivity index (χ3n) is 2.08. The van der Waals surface area contributed by atoms with E-state index in [0.29, 0.717) is 5.25 Å². The van der Waals surface area contributed by atoms with Gasteiger partial charge in [-0.25, -0.2) is 0 Å². The Hall–Kier alpha value is -0.180. The zero-order chi connectivity index (χ0) is 12.2. The molecular formula is C13H20ClNS. The van der Waals surface area contributed by atoms with Crippen molar-refractivity contribution < 1.29 is 0 Å². The zero-order valence-corrected chi connectivity index (χ0v) is 12.0. The Morgan fingerprint density at radius 1 is 1.31 bits per heavy atom. The average Bonchev–Trinajstić information content (AvgIpc) is 2.18. The summed E-state index contributed by atoms with van der Waals surface area (Å²) in [5.74, 6) is 0. The minimum Gasteiger partial charge on any atom is -0.311 e. The molecule has 0 aromatic heterocycles. The normalized spacial score (nSPS) is 13.8. The van der Waals surface area contributed by atoms with Crippen molar-refractivity contribution in [2.75, 3.05) is 6.54 Å². The van der Waals surface area contributed by atoms with E-state index in [-0.39, 0.29) is 5.54 Å². The first-order valence-electron chi connectivity index (χ1n) is 5.55. The summed E-state index contributed by atoms with van der Waals surface area (Å²) in [7, 11) is 0. The lowest BCUT2D eigenvalue weighted by atomic mass is 10.1. The molecule has 0 spiro atoms. The van der Waals surface area contributed by atoms with E-state index in [2.05, 4.69) is 39.1 Å². The zero-order valence-electron chi connectivity index (χ0n) is 10.4. The average molecular weight is 258 g/mol. The minimum atomic E-state index is 0.176. The van der Waals surface area contributed by atoms with Gasteiger partial charge in [0.2, 0.25) is 0 Å². The summed E-state index contributed by atoms with van der Waals surface area (Å²) in [5, 5.41) is 4.85. The first-order chi connectivity index (χ1) is 7.38. The molecule has 1 aromatic carbocycles. The van der Waals surface area contributed by atoms with Crippen LogP contribution in [0.2, 0.25) is 5.02 Å². The summed E-state index contributed by atoms with van der Waals surface area (Å²) in [5.41, 5.74) is 0.176. The van der Waals surface area contributed by atoms with Gasteiger partial charge in [-0.1, -0.05) is 30.7 Å².